The molecular weight excluding hydrogens is 266 g/mol. The van der Waals surface area contributed by atoms with Crippen LogP contribution in [0, 0.1) is 11.6 Å². The number of ether oxygens (including phenoxy) is 1. The second-order valence-electron chi connectivity index (χ2n) is 4.65. The first kappa shape index (κ1) is 14.7. The molecular formula is C14H18F2N2O2. The summed E-state index contributed by atoms with van der Waals surface area (Å²) >= 11 is 0. The first-order valence-corrected chi connectivity index (χ1v) is 6.73. The van der Waals surface area contributed by atoms with E-state index in [9.17, 15) is 13.6 Å². The quantitative estimate of drug-likeness (QED) is 0.922. The van der Waals surface area contributed by atoms with Crippen molar-refractivity contribution < 1.29 is 18.3 Å². The first-order valence-electron chi connectivity index (χ1n) is 6.73. The summed E-state index contributed by atoms with van der Waals surface area (Å²) in [5.41, 5.74) is -0.144. The molecule has 0 radical (unpaired) electrons. The van der Waals surface area contributed by atoms with Crippen LogP contribution in [0.15, 0.2) is 12.1 Å². The summed E-state index contributed by atoms with van der Waals surface area (Å²) in [6.07, 6.45) is 0.757. The smallest absolute Gasteiger partial charge is 0.254 e. The van der Waals surface area contributed by atoms with Gasteiger partial charge in [0.1, 0.15) is 17.3 Å². The van der Waals surface area contributed by atoms with Crippen LogP contribution in [0.4, 0.5) is 14.5 Å². The number of carbonyl (C=O) groups is 1. The molecule has 0 saturated carbocycles. The number of morpholine rings is 1. The Morgan fingerprint density at radius 2 is 1.90 bits per heavy atom. The van der Waals surface area contributed by atoms with Gasteiger partial charge in [0.2, 0.25) is 0 Å². The zero-order valence-corrected chi connectivity index (χ0v) is 11.4. The SMILES string of the molecule is CCCNc1c(F)cc(C(=O)N2CCOCC2)cc1F. The molecule has 1 aliphatic rings. The third-order valence-electron chi connectivity index (χ3n) is 3.14. The summed E-state index contributed by atoms with van der Waals surface area (Å²) in [5.74, 6) is -1.85. The Kier molecular flexibility index (Phi) is 4.89. The van der Waals surface area contributed by atoms with E-state index in [4.69, 9.17) is 4.74 Å². The number of amides is 1. The van der Waals surface area contributed by atoms with Crippen molar-refractivity contribution in [2.24, 2.45) is 0 Å². The number of benzene rings is 1. The number of nitrogens with one attached hydrogen (secondary N) is 1. The second-order valence-corrected chi connectivity index (χ2v) is 4.65. The second kappa shape index (κ2) is 6.65. The van der Waals surface area contributed by atoms with Gasteiger partial charge in [-0.05, 0) is 18.6 Å². The van der Waals surface area contributed by atoms with E-state index in [1.807, 2.05) is 6.92 Å². The molecule has 1 N–H and O–H groups in total. The fourth-order valence-electron chi connectivity index (χ4n) is 2.06. The third kappa shape index (κ3) is 3.25. The van der Waals surface area contributed by atoms with Crippen molar-refractivity contribution in [1.29, 1.82) is 0 Å². The van der Waals surface area contributed by atoms with Crippen molar-refractivity contribution in [1.82, 2.24) is 4.90 Å². The Balaban J connectivity index is 2.18. The number of nitrogens with zero attached hydrogens (tertiary/aromatic N) is 1. The monoisotopic (exact) mass is 284 g/mol. The van der Waals surface area contributed by atoms with Gasteiger partial charge in [-0.3, -0.25) is 4.79 Å². The average molecular weight is 284 g/mol. The molecule has 1 amide bonds. The lowest BCUT2D eigenvalue weighted by Crippen LogP contribution is -2.40. The van der Waals surface area contributed by atoms with E-state index in [-0.39, 0.29) is 17.2 Å². The zero-order valence-electron chi connectivity index (χ0n) is 11.4. The van der Waals surface area contributed by atoms with Gasteiger partial charge in [0.15, 0.2) is 0 Å². The Labute approximate surface area is 116 Å². The van der Waals surface area contributed by atoms with Crippen molar-refractivity contribution in [2.75, 3.05) is 38.2 Å². The molecule has 0 spiro atoms. The highest BCUT2D eigenvalue weighted by molar-refractivity contribution is 5.94. The molecule has 1 fully saturated rings. The van der Waals surface area contributed by atoms with Crippen molar-refractivity contribution in [3.8, 4) is 0 Å². The van der Waals surface area contributed by atoms with Gasteiger partial charge in [0.25, 0.3) is 5.91 Å². The molecule has 6 heteroatoms. The van der Waals surface area contributed by atoms with Gasteiger partial charge >= 0.3 is 0 Å². The van der Waals surface area contributed by atoms with Crippen molar-refractivity contribution in [3.63, 3.8) is 0 Å². The van der Waals surface area contributed by atoms with Gasteiger partial charge in [-0.25, -0.2) is 8.78 Å². The maximum atomic E-state index is 13.9. The lowest BCUT2D eigenvalue weighted by atomic mass is 10.1. The normalized spacial score (nSPS) is 15.2. The Morgan fingerprint density at radius 3 is 2.45 bits per heavy atom. The van der Waals surface area contributed by atoms with Crippen LogP contribution in [0.3, 0.4) is 0 Å². The molecule has 2 rings (SSSR count). The number of halogens is 2. The standard InChI is InChI=1S/C14H18F2N2O2/c1-2-3-17-13-11(15)8-10(9-12(13)16)14(19)18-4-6-20-7-5-18/h8-9,17H,2-7H2,1H3. The topological polar surface area (TPSA) is 41.6 Å². The zero-order chi connectivity index (χ0) is 14.5. The molecule has 1 heterocycles. The predicted molar refractivity (Wildman–Crippen MR) is 71.9 cm³/mol. The third-order valence-corrected chi connectivity index (χ3v) is 3.14. The van der Waals surface area contributed by atoms with Gasteiger partial charge in [0, 0.05) is 25.2 Å². The van der Waals surface area contributed by atoms with Gasteiger partial charge < -0.3 is 15.0 Å². The molecule has 0 unspecified atom stereocenters. The number of anilines is 1. The highest BCUT2D eigenvalue weighted by atomic mass is 19.1. The molecule has 110 valence electrons. The van der Waals surface area contributed by atoms with Crippen LogP contribution in [0.5, 0.6) is 0 Å². The Hall–Kier alpha value is -1.69. The number of hydrogen-bond donors (Lipinski definition) is 1. The summed E-state index contributed by atoms with van der Waals surface area (Å²) in [4.78, 5) is 13.7. The van der Waals surface area contributed by atoms with E-state index >= 15 is 0 Å². The van der Waals surface area contributed by atoms with E-state index in [0.29, 0.717) is 32.8 Å². The first-order chi connectivity index (χ1) is 9.63. The minimum absolute atomic E-state index is 0.0314. The van der Waals surface area contributed by atoms with Crippen LogP contribution in [-0.4, -0.2) is 43.7 Å². The maximum Gasteiger partial charge on any atom is 0.254 e. The van der Waals surface area contributed by atoms with Crippen LogP contribution >= 0.6 is 0 Å². The van der Waals surface area contributed by atoms with Gasteiger partial charge in [-0.15, -0.1) is 0 Å². The van der Waals surface area contributed by atoms with E-state index in [1.54, 1.807) is 0 Å². The molecule has 4 nitrogen and oxygen atoms in total. The molecule has 1 aromatic rings. The minimum Gasteiger partial charge on any atom is -0.380 e. The summed E-state index contributed by atoms with van der Waals surface area (Å²) in [5, 5.41) is 2.68. The van der Waals surface area contributed by atoms with Crippen LogP contribution in [0.2, 0.25) is 0 Å². The molecule has 20 heavy (non-hydrogen) atoms. The molecule has 0 aromatic heterocycles. The van der Waals surface area contributed by atoms with Crippen LogP contribution in [0.1, 0.15) is 23.7 Å². The summed E-state index contributed by atoms with van der Waals surface area (Å²) in [7, 11) is 0. The molecule has 0 aliphatic carbocycles. The van der Waals surface area contributed by atoms with E-state index in [1.165, 1.54) is 4.90 Å². The van der Waals surface area contributed by atoms with Crippen LogP contribution in [0.25, 0.3) is 0 Å². The van der Waals surface area contributed by atoms with E-state index < -0.39 is 11.6 Å². The minimum atomic E-state index is -0.741. The summed E-state index contributed by atoms with van der Waals surface area (Å²) in [6.45, 7) is 4.17. The molecule has 1 aliphatic heterocycles. The number of hydrogen-bond acceptors (Lipinski definition) is 3. The molecule has 0 atom stereocenters. The molecule has 1 saturated heterocycles. The Bertz CT molecular complexity index is 465. The van der Waals surface area contributed by atoms with Crippen LogP contribution in [-0.2, 0) is 4.74 Å². The number of rotatable bonds is 4. The molecule has 0 bridgehead atoms. The van der Waals surface area contributed by atoms with Gasteiger partial charge in [-0.1, -0.05) is 6.92 Å². The fraction of sp³-hybridized carbons (Fsp3) is 0.500. The Morgan fingerprint density at radius 1 is 1.30 bits per heavy atom. The van der Waals surface area contributed by atoms with Gasteiger partial charge in [0.05, 0.1) is 13.2 Å². The largest absolute Gasteiger partial charge is 0.380 e. The number of carbonyl (C=O) groups excluding carboxylic acids is 1. The lowest BCUT2D eigenvalue weighted by Gasteiger charge is -2.27. The van der Waals surface area contributed by atoms with Crippen LogP contribution < -0.4 is 5.32 Å². The van der Waals surface area contributed by atoms with Crippen molar-refractivity contribution in [2.45, 2.75) is 13.3 Å². The van der Waals surface area contributed by atoms with Crippen molar-refractivity contribution in [3.05, 3.63) is 29.3 Å². The average Bonchev–Trinajstić information content (AvgIpc) is 2.46. The summed E-state index contributed by atoms with van der Waals surface area (Å²) < 4.78 is 32.9. The highest BCUT2D eigenvalue weighted by Gasteiger charge is 2.21. The summed E-state index contributed by atoms with van der Waals surface area (Å²) in [6, 6.07) is 2.16. The molecule has 1 aromatic carbocycles. The lowest BCUT2D eigenvalue weighted by molar-refractivity contribution is 0.0302. The highest BCUT2D eigenvalue weighted by Crippen LogP contribution is 2.22. The fourth-order valence-corrected chi connectivity index (χ4v) is 2.06. The van der Waals surface area contributed by atoms with E-state index in [0.717, 1.165) is 18.6 Å². The maximum absolute atomic E-state index is 13.9. The van der Waals surface area contributed by atoms with Gasteiger partial charge in [-0.2, -0.15) is 0 Å². The predicted octanol–water partition coefficient (Wildman–Crippen LogP) is 2.26. The van der Waals surface area contributed by atoms with E-state index in [2.05, 4.69) is 5.32 Å². The van der Waals surface area contributed by atoms with Crippen molar-refractivity contribution >= 4 is 11.6 Å².